The van der Waals surface area contributed by atoms with Crippen LogP contribution in [0.25, 0.3) is 0 Å². The number of rotatable bonds is 7. The summed E-state index contributed by atoms with van der Waals surface area (Å²) in [4.78, 5) is 0. The van der Waals surface area contributed by atoms with E-state index in [9.17, 15) is 0 Å². The molecule has 0 spiro atoms. The van der Waals surface area contributed by atoms with E-state index in [1.807, 2.05) is 0 Å². The zero-order valence-corrected chi connectivity index (χ0v) is 12.2. The normalized spacial score (nSPS) is 22.9. The molecule has 2 atom stereocenters. The molecular formula is C15H31NO. The van der Waals surface area contributed by atoms with Crippen LogP contribution in [0, 0.1) is 5.41 Å². The maximum absolute atomic E-state index is 5.68. The Morgan fingerprint density at radius 3 is 2.65 bits per heavy atom. The number of ether oxygens (including phenoxy) is 1. The molecule has 0 aromatic heterocycles. The van der Waals surface area contributed by atoms with Crippen LogP contribution in [0.2, 0.25) is 0 Å². The summed E-state index contributed by atoms with van der Waals surface area (Å²) in [7, 11) is 0. The van der Waals surface area contributed by atoms with Gasteiger partial charge < -0.3 is 10.1 Å². The highest BCUT2D eigenvalue weighted by Crippen LogP contribution is 2.24. The quantitative estimate of drug-likeness (QED) is 0.733. The summed E-state index contributed by atoms with van der Waals surface area (Å²) in [6.45, 7) is 11.3. The van der Waals surface area contributed by atoms with Gasteiger partial charge in [0.15, 0.2) is 0 Å². The first kappa shape index (κ1) is 15.0. The SMILES string of the molecule is CCNC(CCCC1CCCO1)CC(C)(C)C. The van der Waals surface area contributed by atoms with Gasteiger partial charge in [-0.2, -0.15) is 0 Å². The fourth-order valence-electron chi connectivity index (χ4n) is 2.77. The Kier molecular flexibility index (Phi) is 6.50. The van der Waals surface area contributed by atoms with Crippen LogP contribution in [-0.4, -0.2) is 25.3 Å². The molecule has 102 valence electrons. The Balaban J connectivity index is 2.18. The first-order chi connectivity index (χ1) is 8.01. The van der Waals surface area contributed by atoms with Crippen molar-refractivity contribution in [1.29, 1.82) is 0 Å². The van der Waals surface area contributed by atoms with E-state index in [2.05, 4.69) is 33.0 Å². The zero-order chi connectivity index (χ0) is 12.7. The summed E-state index contributed by atoms with van der Waals surface area (Å²) >= 11 is 0. The van der Waals surface area contributed by atoms with Crippen LogP contribution in [-0.2, 0) is 4.74 Å². The van der Waals surface area contributed by atoms with Crippen molar-refractivity contribution in [2.24, 2.45) is 5.41 Å². The Morgan fingerprint density at radius 2 is 2.12 bits per heavy atom. The van der Waals surface area contributed by atoms with Crippen LogP contribution >= 0.6 is 0 Å². The first-order valence-corrected chi connectivity index (χ1v) is 7.36. The second-order valence-electron chi connectivity index (χ2n) is 6.59. The van der Waals surface area contributed by atoms with E-state index in [1.165, 1.54) is 38.5 Å². The maximum atomic E-state index is 5.68. The second kappa shape index (κ2) is 7.38. The van der Waals surface area contributed by atoms with Gasteiger partial charge in [0, 0.05) is 12.6 Å². The molecule has 0 aromatic carbocycles. The summed E-state index contributed by atoms with van der Waals surface area (Å²) in [5.41, 5.74) is 0.427. The van der Waals surface area contributed by atoms with Crippen molar-refractivity contribution >= 4 is 0 Å². The lowest BCUT2D eigenvalue weighted by Gasteiger charge is -2.27. The molecule has 1 rings (SSSR count). The van der Waals surface area contributed by atoms with E-state index in [0.717, 1.165) is 13.2 Å². The van der Waals surface area contributed by atoms with Crippen LogP contribution in [0.5, 0.6) is 0 Å². The van der Waals surface area contributed by atoms with Crippen molar-refractivity contribution in [2.75, 3.05) is 13.2 Å². The van der Waals surface area contributed by atoms with E-state index in [0.29, 0.717) is 17.6 Å². The predicted octanol–water partition coefficient (Wildman–Crippen LogP) is 3.75. The summed E-state index contributed by atoms with van der Waals surface area (Å²) < 4.78 is 5.68. The van der Waals surface area contributed by atoms with Gasteiger partial charge in [-0.15, -0.1) is 0 Å². The lowest BCUT2D eigenvalue weighted by Crippen LogP contribution is -2.33. The third-order valence-electron chi connectivity index (χ3n) is 3.45. The molecule has 0 saturated carbocycles. The van der Waals surface area contributed by atoms with Crippen molar-refractivity contribution < 1.29 is 4.74 Å². The Morgan fingerprint density at radius 1 is 1.35 bits per heavy atom. The van der Waals surface area contributed by atoms with E-state index < -0.39 is 0 Å². The third-order valence-corrected chi connectivity index (χ3v) is 3.45. The fourth-order valence-corrected chi connectivity index (χ4v) is 2.77. The largest absolute Gasteiger partial charge is 0.378 e. The molecule has 0 radical (unpaired) electrons. The average Bonchev–Trinajstić information content (AvgIpc) is 2.68. The van der Waals surface area contributed by atoms with Crippen molar-refractivity contribution in [2.45, 2.75) is 78.4 Å². The molecule has 17 heavy (non-hydrogen) atoms. The molecule has 1 fully saturated rings. The zero-order valence-electron chi connectivity index (χ0n) is 12.2. The second-order valence-corrected chi connectivity index (χ2v) is 6.59. The standard InChI is InChI=1S/C15H31NO/c1-5-16-13(12-15(2,3)4)8-6-9-14-10-7-11-17-14/h13-14,16H,5-12H2,1-4H3. The summed E-state index contributed by atoms with van der Waals surface area (Å²) in [6.07, 6.45) is 8.24. The highest BCUT2D eigenvalue weighted by atomic mass is 16.5. The van der Waals surface area contributed by atoms with Gasteiger partial charge in [0.05, 0.1) is 6.10 Å². The molecule has 0 aliphatic carbocycles. The predicted molar refractivity (Wildman–Crippen MR) is 74.4 cm³/mol. The van der Waals surface area contributed by atoms with Gasteiger partial charge in [-0.25, -0.2) is 0 Å². The molecule has 1 heterocycles. The Hall–Kier alpha value is -0.0800. The Bertz CT molecular complexity index is 192. The summed E-state index contributed by atoms with van der Waals surface area (Å²) in [5.74, 6) is 0. The van der Waals surface area contributed by atoms with Gasteiger partial charge in [0.25, 0.3) is 0 Å². The van der Waals surface area contributed by atoms with Crippen molar-refractivity contribution in [3.8, 4) is 0 Å². The molecule has 2 heteroatoms. The monoisotopic (exact) mass is 241 g/mol. The minimum atomic E-state index is 0.427. The maximum Gasteiger partial charge on any atom is 0.0576 e. The van der Waals surface area contributed by atoms with Crippen LogP contribution in [0.1, 0.15) is 66.2 Å². The van der Waals surface area contributed by atoms with E-state index in [-0.39, 0.29) is 0 Å². The first-order valence-electron chi connectivity index (χ1n) is 7.36. The number of hydrogen-bond acceptors (Lipinski definition) is 2. The van der Waals surface area contributed by atoms with E-state index in [1.54, 1.807) is 0 Å². The number of nitrogens with one attached hydrogen (secondary N) is 1. The van der Waals surface area contributed by atoms with Crippen LogP contribution in [0.4, 0.5) is 0 Å². The summed E-state index contributed by atoms with van der Waals surface area (Å²) in [5, 5.41) is 3.62. The summed E-state index contributed by atoms with van der Waals surface area (Å²) in [6, 6.07) is 0.682. The van der Waals surface area contributed by atoms with Gasteiger partial charge in [0.1, 0.15) is 0 Å². The van der Waals surface area contributed by atoms with Gasteiger partial charge >= 0.3 is 0 Å². The molecule has 1 saturated heterocycles. The van der Waals surface area contributed by atoms with E-state index >= 15 is 0 Å². The molecule has 0 amide bonds. The fraction of sp³-hybridized carbons (Fsp3) is 1.00. The molecule has 0 aromatic rings. The molecule has 1 aliphatic heterocycles. The van der Waals surface area contributed by atoms with Crippen molar-refractivity contribution in [3.63, 3.8) is 0 Å². The molecule has 1 aliphatic rings. The smallest absolute Gasteiger partial charge is 0.0576 e. The van der Waals surface area contributed by atoms with Crippen LogP contribution < -0.4 is 5.32 Å². The molecule has 0 bridgehead atoms. The Labute approximate surface area is 108 Å². The average molecular weight is 241 g/mol. The van der Waals surface area contributed by atoms with Gasteiger partial charge in [-0.3, -0.25) is 0 Å². The molecule has 1 N–H and O–H groups in total. The van der Waals surface area contributed by atoms with E-state index in [4.69, 9.17) is 4.74 Å². The van der Waals surface area contributed by atoms with Crippen molar-refractivity contribution in [1.82, 2.24) is 5.32 Å². The topological polar surface area (TPSA) is 21.3 Å². The minimum absolute atomic E-state index is 0.427. The highest BCUT2D eigenvalue weighted by molar-refractivity contribution is 4.75. The van der Waals surface area contributed by atoms with Crippen LogP contribution in [0.15, 0.2) is 0 Å². The number of hydrogen-bond donors (Lipinski definition) is 1. The van der Waals surface area contributed by atoms with Gasteiger partial charge in [0.2, 0.25) is 0 Å². The lowest BCUT2D eigenvalue weighted by atomic mass is 9.86. The van der Waals surface area contributed by atoms with Gasteiger partial charge in [-0.1, -0.05) is 27.7 Å². The minimum Gasteiger partial charge on any atom is -0.378 e. The van der Waals surface area contributed by atoms with Gasteiger partial charge in [-0.05, 0) is 50.5 Å². The van der Waals surface area contributed by atoms with Crippen LogP contribution in [0.3, 0.4) is 0 Å². The van der Waals surface area contributed by atoms with Crippen molar-refractivity contribution in [3.05, 3.63) is 0 Å². The lowest BCUT2D eigenvalue weighted by molar-refractivity contribution is 0.101. The molecular weight excluding hydrogens is 210 g/mol. The molecule has 2 unspecified atom stereocenters. The highest BCUT2D eigenvalue weighted by Gasteiger charge is 2.19. The molecule has 2 nitrogen and oxygen atoms in total. The third kappa shape index (κ3) is 7.05.